The third-order valence-electron chi connectivity index (χ3n) is 4.66. The molecule has 3 nitrogen and oxygen atoms in total. The minimum absolute atomic E-state index is 0.0665. The van der Waals surface area contributed by atoms with Gasteiger partial charge in [-0.25, -0.2) is 0 Å². The zero-order valence-corrected chi connectivity index (χ0v) is 11.6. The van der Waals surface area contributed by atoms with Crippen molar-refractivity contribution in [2.24, 2.45) is 17.3 Å². The first-order chi connectivity index (χ1) is 7.89. The molecule has 0 aromatic carbocycles. The van der Waals surface area contributed by atoms with Crippen LogP contribution in [-0.4, -0.2) is 36.5 Å². The van der Waals surface area contributed by atoms with E-state index in [1.807, 2.05) is 0 Å². The van der Waals surface area contributed by atoms with Gasteiger partial charge in [-0.05, 0) is 30.7 Å². The zero-order chi connectivity index (χ0) is 12.6. The van der Waals surface area contributed by atoms with Crippen LogP contribution < -0.4 is 5.32 Å². The van der Waals surface area contributed by atoms with Gasteiger partial charge in [-0.2, -0.15) is 0 Å². The molecule has 0 radical (unpaired) electrons. The lowest BCUT2D eigenvalue weighted by atomic mass is 9.80. The van der Waals surface area contributed by atoms with Crippen LogP contribution in [0.15, 0.2) is 0 Å². The summed E-state index contributed by atoms with van der Waals surface area (Å²) in [6, 6.07) is 0.555. The maximum Gasteiger partial charge on any atom is 0.225 e. The second-order valence-corrected chi connectivity index (χ2v) is 6.77. The molecule has 0 aromatic rings. The van der Waals surface area contributed by atoms with Gasteiger partial charge in [0.25, 0.3) is 0 Å². The highest BCUT2D eigenvalue weighted by Crippen LogP contribution is 2.30. The second kappa shape index (κ2) is 4.60. The van der Waals surface area contributed by atoms with Gasteiger partial charge in [0.05, 0.1) is 0 Å². The average molecular weight is 238 g/mol. The van der Waals surface area contributed by atoms with Gasteiger partial charge < -0.3 is 10.2 Å². The van der Waals surface area contributed by atoms with Gasteiger partial charge in [0.15, 0.2) is 0 Å². The summed E-state index contributed by atoms with van der Waals surface area (Å²) in [4.78, 5) is 14.5. The van der Waals surface area contributed by atoms with Crippen molar-refractivity contribution in [3.8, 4) is 0 Å². The van der Waals surface area contributed by atoms with Gasteiger partial charge in [-0.15, -0.1) is 0 Å². The third kappa shape index (κ3) is 2.65. The molecule has 2 aliphatic heterocycles. The Morgan fingerprint density at radius 3 is 2.71 bits per heavy atom. The molecule has 1 unspecified atom stereocenters. The molecular formula is C14H26N2O. The number of likely N-dealkylation sites (tertiary alicyclic amines) is 1. The van der Waals surface area contributed by atoms with Crippen molar-refractivity contribution >= 4 is 5.91 Å². The van der Waals surface area contributed by atoms with E-state index in [0.717, 1.165) is 25.6 Å². The van der Waals surface area contributed by atoms with E-state index in [1.165, 1.54) is 12.8 Å². The molecule has 2 fully saturated rings. The highest BCUT2D eigenvalue weighted by molar-refractivity contribution is 5.79. The van der Waals surface area contributed by atoms with Crippen LogP contribution in [0, 0.1) is 17.3 Å². The summed E-state index contributed by atoms with van der Waals surface area (Å²) >= 11 is 0. The molecule has 2 aliphatic rings. The number of amides is 1. The van der Waals surface area contributed by atoms with E-state index in [4.69, 9.17) is 0 Å². The molecule has 98 valence electrons. The summed E-state index contributed by atoms with van der Waals surface area (Å²) in [5, 5.41) is 3.53. The minimum atomic E-state index is 0.0665. The molecular weight excluding hydrogens is 212 g/mol. The van der Waals surface area contributed by atoms with Crippen LogP contribution in [0.4, 0.5) is 0 Å². The monoisotopic (exact) mass is 238 g/mol. The average Bonchev–Trinajstić information content (AvgIpc) is 2.72. The fourth-order valence-corrected chi connectivity index (χ4v) is 2.88. The van der Waals surface area contributed by atoms with Crippen LogP contribution in [0.3, 0.4) is 0 Å². The second-order valence-electron chi connectivity index (χ2n) is 6.77. The molecule has 3 heteroatoms. The van der Waals surface area contributed by atoms with Crippen LogP contribution in [0.1, 0.15) is 40.5 Å². The number of carbonyl (C=O) groups is 1. The number of piperidine rings is 1. The summed E-state index contributed by atoms with van der Waals surface area (Å²) in [5.74, 6) is 1.26. The van der Waals surface area contributed by atoms with Gasteiger partial charge in [-0.1, -0.05) is 27.7 Å². The molecule has 0 bridgehead atoms. The number of fused-ring (bicyclic) bond motifs is 1. The van der Waals surface area contributed by atoms with E-state index in [0.29, 0.717) is 11.9 Å². The van der Waals surface area contributed by atoms with Gasteiger partial charge >= 0.3 is 0 Å². The molecule has 2 saturated heterocycles. The maximum atomic E-state index is 12.4. The van der Waals surface area contributed by atoms with Crippen molar-refractivity contribution in [1.29, 1.82) is 0 Å². The molecule has 0 spiro atoms. The summed E-state index contributed by atoms with van der Waals surface area (Å²) in [6.07, 6.45) is 2.47. The normalized spacial score (nSPS) is 31.2. The first kappa shape index (κ1) is 12.9. The van der Waals surface area contributed by atoms with Crippen molar-refractivity contribution in [2.45, 2.75) is 46.6 Å². The number of rotatable bonds is 1. The quantitative estimate of drug-likeness (QED) is 0.756. The Hall–Kier alpha value is -0.570. The number of hydrogen-bond acceptors (Lipinski definition) is 2. The molecule has 1 amide bonds. The Balaban J connectivity index is 1.97. The Morgan fingerprint density at radius 1 is 1.35 bits per heavy atom. The Kier molecular flexibility index (Phi) is 3.48. The lowest BCUT2D eigenvalue weighted by molar-refractivity contribution is -0.140. The molecule has 17 heavy (non-hydrogen) atoms. The largest absolute Gasteiger partial charge is 0.341 e. The van der Waals surface area contributed by atoms with E-state index < -0.39 is 0 Å². The first-order valence-corrected chi connectivity index (χ1v) is 6.92. The lowest BCUT2D eigenvalue weighted by Gasteiger charge is -2.38. The summed E-state index contributed by atoms with van der Waals surface area (Å²) in [5.41, 5.74) is 0.0665. The van der Waals surface area contributed by atoms with Gasteiger partial charge in [0, 0.05) is 25.0 Å². The summed E-state index contributed by atoms with van der Waals surface area (Å²) in [6.45, 7) is 11.5. The van der Waals surface area contributed by atoms with Gasteiger partial charge in [0.2, 0.25) is 5.91 Å². The minimum Gasteiger partial charge on any atom is -0.341 e. The van der Waals surface area contributed by atoms with Crippen molar-refractivity contribution in [3.05, 3.63) is 0 Å². The fourth-order valence-electron chi connectivity index (χ4n) is 2.88. The number of nitrogens with zero attached hydrogens (tertiary/aromatic N) is 1. The van der Waals surface area contributed by atoms with Crippen molar-refractivity contribution in [2.75, 3.05) is 19.6 Å². The van der Waals surface area contributed by atoms with Crippen molar-refractivity contribution in [3.63, 3.8) is 0 Å². The van der Waals surface area contributed by atoms with Crippen molar-refractivity contribution in [1.82, 2.24) is 10.2 Å². The van der Waals surface area contributed by atoms with E-state index in [1.54, 1.807) is 0 Å². The van der Waals surface area contributed by atoms with Crippen LogP contribution in [0.25, 0.3) is 0 Å². The molecule has 2 rings (SSSR count). The Labute approximate surface area is 105 Å². The zero-order valence-electron chi connectivity index (χ0n) is 11.6. The Bertz CT molecular complexity index is 295. The van der Waals surface area contributed by atoms with Gasteiger partial charge in [0.1, 0.15) is 0 Å². The van der Waals surface area contributed by atoms with E-state index in [2.05, 4.69) is 37.9 Å². The summed E-state index contributed by atoms with van der Waals surface area (Å²) < 4.78 is 0. The van der Waals surface area contributed by atoms with E-state index >= 15 is 0 Å². The topological polar surface area (TPSA) is 32.3 Å². The predicted octanol–water partition coefficient (Wildman–Crippen LogP) is 1.88. The first-order valence-electron chi connectivity index (χ1n) is 6.92. The van der Waals surface area contributed by atoms with Gasteiger partial charge in [-0.3, -0.25) is 4.79 Å². The molecule has 2 heterocycles. The van der Waals surface area contributed by atoms with Crippen LogP contribution in [0.2, 0.25) is 0 Å². The number of hydrogen-bond donors (Lipinski definition) is 1. The highest BCUT2D eigenvalue weighted by Gasteiger charge is 2.37. The standard InChI is InChI=1S/C14H26N2O/c1-10(14(2,3)4)13(17)16-8-6-11-5-7-15-12(11)9-16/h10-12,15H,5-9H2,1-4H3/t10?,11-,12+/m0/s1. The SMILES string of the molecule is CC(C(=O)N1CC[C@@H]2CCN[C@@H]2C1)C(C)(C)C. The number of carbonyl (C=O) groups excluding carboxylic acids is 1. The summed E-state index contributed by atoms with van der Waals surface area (Å²) in [7, 11) is 0. The van der Waals surface area contributed by atoms with Crippen LogP contribution >= 0.6 is 0 Å². The smallest absolute Gasteiger partial charge is 0.225 e. The number of nitrogens with one attached hydrogen (secondary N) is 1. The van der Waals surface area contributed by atoms with E-state index in [9.17, 15) is 4.79 Å². The molecule has 1 N–H and O–H groups in total. The Morgan fingerprint density at radius 2 is 2.06 bits per heavy atom. The highest BCUT2D eigenvalue weighted by atomic mass is 16.2. The van der Waals surface area contributed by atoms with Crippen LogP contribution in [0.5, 0.6) is 0 Å². The van der Waals surface area contributed by atoms with E-state index in [-0.39, 0.29) is 11.3 Å². The fraction of sp³-hybridized carbons (Fsp3) is 0.929. The molecule has 0 aliphatic carbocycles. The molecule has 0 saturated carbocycles. The predicted molar refractivity (Wildman–Crippen MR) is 69.7 cm³/mol. The molecule has 3 atom stereocenters. The maximum absolute atomic E-state index is 12.4. The van der Waals surface area contributed by atoms with Crippen LogP contribution in [-0.2, 0) is 4.79 Å². The third-order valence-corrected chi connectivity index (χ3v) is 4.66. The van der Waals surface area contributed by atoms with Crippen molar-refractivity contribution < 1.29 is 4.79 Å². The molecule has 0 aromatic heterocycles. The lowest BCUT2D eigenvalue weighted by Crippen LogP contribution is -2.51.